The van der Waals surface area contributed by atoms with Crippen molar-refractivity contribution in [3.8, 4) is 11.3 Å². The van der Waals surface area contributed by atoms with Gasteiger partial charge < -0.3 is 5.32 Å². The second kappa shape index (κ2) is 5.44. The molecule has 6 heteroatoms. The lowest BCUT2D eigenvalue weighted by atomic mass is 10.1. The number of hydrogen-bond donors (Lipinski definition) is 1. The normalized spacial score (nSPS) is 18.9. The zero-order chi connectivity index (χ0) is 14.9. The van der Waals surface area contributed by atoms with E-state index in [1.54, 1.807) is 12.3 Å². The van der Waals surface area contributed by atoms with Crippen molar-refractivity contribution in [2.24, 2.45) is 0 Å². The van der Waals surface area contributed by atoms with Crippen molar-refractivity contribution in [3.63, 3.8) is 0 Å². The number of nitrogens with one attached hydrogen (secondary N) is 1. The van der Waals surface area contributed by atoms with E-state index in [4.69, 9.17) is 0 Å². The van der Waals surface area contributed by atoms with Gasteiger partial charge in [-0.3, -0.25) is 4.98 Å². The summed E-state index contributed by atoms with van der Waals surface area (Å²) in [5.74, 6) is 0. The summed E-state index contributed by atoms with van der Waals surface area (Å²) < 4.78 is 38.3. The maximum Gasteiger partial charge on any atom is 0.416 e. The Hall–Kier alpha value is -1.95. The number of hydrogen-bond acceptors (Lipinski definition) is 3. The molecular formula is C15H14F3N3. The van der Waals surface area contributed by atoms with Gasteiger partial charge in [0.05, 0.1) is 35.4 Å². The van der Waals surface area contributed by atoms with E-state index in [0.717, 1.165) is 37.2 Å². The lowest BCUT2D eigenvalue weighted by Gasteiger charge is -2.11. The minimum atomic E-state index is -4.35. The van der Waals surface area contributed by atoms with Crippen molar-refractivity contribution in [2.45, 2.75) is 25.1 Å². The monoisotopic (exact) mass is 293 g/mol. The standard InChI is InChI=1S/C15H14F3N3/c16-15(17,18)11-4-1-3-10(7-11)13-8-19-9-14(21-13)12-5-2-6-20-12/h1,3-4,7-9,12,20H,2,5-6H2. The molecule has 2 heterocycles. The second-order valence-corrected chi connectivity index (χ2v) is 5.06. The summed E-state index contributed by atoms with van der Waals surface area (Å²) >= 11 is 0. The van der Waals surface area contributed by atoms with Gasteiger partial charge in [-0.05, 0) is 31.5 Å². The summed E-state index contributed by atoms with van der Waals surface area (Å²) in [5, 5.41) is 3.30. The van der Waals surface area contributed by atoms with E-state index in [-0.39, 0.29) is 6.04 Å². The molecule has 1 aliphatic rings. The Morgan fingerprint density at radius 3 is 2.76 bits per heavy atom. The Balaban J connectivity index is 1.95. The summed E-state index contributed by atoms with van der Waals surface area (Å²) in [6.07, 6.45) is 0.850. The van der Waals surface area contributed by atoms with Crippen molar-refractivity contribution >= 4 is 0 Å². The van der Waals surface area contributed by atoms with Crippen LogP contribution < -0.4 is 5.32 Å². The number of benzene rings is 1. The summed E-state index contributed by atoms with van der Waals surface area (Å²) in [6.45, 7) is 0.931. The summed E-state index contributed by atoms with van der Waals surface area (Å²) in [5.41, 5.74) is 0.998. The zero-order valence-corrected chi connectivity index (χ0v) is 11.2. The van der Waals surface area contributed by atoms with Crippen LogP contribution in [0.2, 0.25) is 0 Å². The highest BCUT2D eigenvalue weighted by Crippen LogP contribution is 2.32. The Labute approximate surface area is 120 Å². The van der Waals surface area contributed by atoms with Crippen molar-refractivity contribution in [2.75, 3.05) is 6.54 Å². The van der Waals surface area contributed by atoms with Gasteiger partial charge in [0, 0.05) is 5.56 Å². The number of rotatable bonds is 2. The first-order chi connectivity index (χ1) is 10.0. The van der Waals surface area contributed by atoms with Crippen molar-refractivity contribution in [3.05, 3.63) is 47.9 Å². The van der Waals surface area contributed by atoms with Gasteiger partial charge in [-0.15, -0.1) is 0 Å². The molecule has 0 aliphatic carbocycles. The second-order valence-electron chi connectivity index (χ2n) is 5.06. The maximum atomic E-state index is 12.8. The molecule has 1 aromatic carbocycles. The molecular weight excluding hydrogens is 279 g/mol. The Morgan fingerprint density at radius 2 is 2.05 bits per heavy atom. The van der Waals surface area contributed by atoms with Gasteiger partial charge in [0.25, 0.3) is 0 Å². The number of alkyl halides is 3. The highest BCUT2D eigenvalue weighted by atomic mass is 19.4. The molecule has 1 atom stereocenters. The van der Waals surface area contributed by atoms with Crippen LogP contribution in [0.25, 0.3) is 11.3 Å². The fourth-order valence-electron chi connectivity index (χ4n) is 2.48. The first-order valence-corrected chi connectivity index (χ1v) is 6.77. The third-order valence-electron chi connectivity index (χ3n) is 3.56. The molecule has 1 unspecified atom stereocenters. The van der Waals surface area contributed by atoms with Crippen molar-refractivity contribution < 1.29 is 13.2 Å². The number of halogens is 3. The Kier molecular flexibility index (Phi) is 3.63. The lowest BCUT2D eigenvalue weighted by Crippen LogP contribution is -2.14. The molecule has 1 saturated heterocycles. The molecule has 1 aromatic heterocycles. The quantitative estimate of drug-likeness (QED) is 0.919. The largest absolute Gasteiger partial charge is 0.416 e. The van der Waals surface area contributed by atoms with Crippen LogP contribution in [0.4, 0.5) is 13.2 Å². The summed E-state index contributed by atoms with van der Waals surface area (Å²) in [7, 11) is 0. The van der Waals surface area contributed by atoms with Crippen LogP contribution in [0.5, 0.6) is 0 Å². The first kappa shape index (κ1) is 14.0. The third-order valence-corrected chi connectivity index (χ3v) is 3.56. The van der Waals surface area contributed by atoms with E-state index < -0.39 is 11.7 Å². The van der Waals surface area contributed by atoms with Crippen LogP contribution in [-0.4, -0.2) is 16.5 Å². The van der Waals surface area contributed by atoms with Gasteiger partial charge in [-0.1, -0.05) is 12.1 Å². The molecule has 110 valence electrons. The van der Waals surface area contributed by atoms with Crippen LogP contribution in [0.15, 0.2) is 36.7 Å². The summed E-state index contributed by atoms with van der Waals surface area (Å²) in [6, 6.07) is 5.31. The van der Waals surface area contributed by atoms with E-state index in [0.29, 0.717) is 11.3 Å². The van der Waals surface area contributed by atoms with Gasteiger partial charge in [-0.2, -0.15) is 13.2 Å². The van der Waals surface area contributed by atoms with Gasteiger partial charge in [-0.25, -0.2) is 4.98 Å². The summed E-state index contributed by atoms with van der Waals surface area (Å²) in [4.78, 5) is 8.57. The third kappa shape index (κ3) is 3.05. The fraction of sp³-hybridized carbons (Fsp3) is 0.333. The molecule has 1 aliphatic heterocycles. The van der Waals surface area contributed by atoms with Crippen molar-refractivity contribution in [1.82, 2.24) is 15.3 Å². The van der Waals surface area contributed by atoms with E-state index >= 15 is 0 Å². The molecule has 0 bridgehead atoms. The highest BCUT2D eigenvalue weighted by Gasteiger charge is 2.30. The predicted octanol–water partition coefficient (Wildman–Crippen LogP) is 3.59. The SMILES string of the molecule is FC(F)(F)c1cccc(-c2cncc(C3CCCN3)n2)c1. The molecule has 0 spiro atoms. The Bertz CT molecular complexity index is 634. The Morgan fingerprint density at radius 1 is 1.19 bits per heavy atom. The molecule has 2 aromatic rings. The van der Waals surface area contributed by atoms with Crippen LogP contribution in [0.3, 0.4) is 0 Å². The predicted molar refractivity (Wildman–Crippen MR) is 72.4 cm³/mol. The average molecular weight is 293 g/mol. The number of nitrogens with zero attached hydrogens (tertiary/aromatic N) is 2. The molecule has 21 heavy (non-hydrogen) atoms. The van der Waals surface area contributed by atoms with E-state index in [9.17, 15) is 13.2 Å². The smallest absolute Gasteiger partial charge is 0.309 e. The first-order valence-electron chi connectivity index (χ1n) is 6.77. The van der Waals surface area contributed by atoms with E-state index in [2.05, 4.69) is 15.3 Å². The van der Waals surface area contributed by atoms with Crippen LogP contribution in [0, 0.1) is 0 Å². The van der Waals surface area contributed by atoms with Crippen molar-refractivity contribution in [1.29, 1.82) is 0 Å². The van der Waals surface area contributed by atoms with Gasteiger partial charge in [0.2, 0.25) is 0 Å². The van der Waals surface area contributed by atoms with Crippen LogP contribution in [0.1, 0.15) is 30.1 Å². The molecule has 1 fully saturated rings. The maximum absolute atomic E-state index is 12.8. The van der Waals surface area contributed by atoms with E-state index in [1.165, 1.54) is 12.3 Å². The molecule has 3 nitrogen and oxygen atoms in total. The van der Waals surface area contributed by atoms with Gasteiger partial charge >= 0.3 is 6.18 Å². The molecule has 1 N–H and O–H groups in total. The van der Waals surface area contributed by atoms with Gasteiger partial charge in [0.1, 0.15) is 0 Å². The minimum Gasteiger partial charge on any atom is -0.309 e. The molecule has 0 saturated carbocycles. The fourth-order valence-corrected chi connectivity index (χ4v) is 2.48. The van der Waals surface area contributed by atoms with Gasteiger partial charge in [0.15, 0.2) is 0 Å². The molecule has 3 rings (SSSR count). The number of aromatic nitrogens is 2. The van der Waals surface area contributed by atoms with Crippen LogP contribution in [-0.2, 0) is 6.18 Å². The topological polar surface area (TPSA) is 37.8 Å². The average Bonchev–Trinajstić information content (AvgIpc) is 3.01. The van der Waals surface area contributed by atoms with E-state index in [1.807, 2.05) is 0 Å². The minimum absolute atomic E-state index is 0.142. The lowest BCUT2D eigenvalue weighted by molar-refractivity contribution is -0.137. The molecule has 0 amide bonds. The highest BCUT2D eigenvalue weighted by molar-refractivity contribution is 5.59. The zero-order valence-electron chi connectivity index (χ0n) is 11.2. The van der Waals surface area contributed by atoms with Crippen LogP contribution >= 0.6 is 0 Å². The molecule has 0 radical (unpaired) electrons.